The highest BCUT2D eigenvalue weighted by molar-refractivity contribution is 5.89. The Morgan fingerprint density at radius 1 is 1.22 bits per heavy atom. The first kappa shape index (κ1) is 17.5. The van der Waals surface area contributed by atoms with Gasteiger partial charge in [0.25, 0.3) is 0 Å². The van der Waals surface area contributed by atoms with Crippen LogP contribution in [0.1, 0.15) is 5.56 Å². The second-order valence-corrected chi connectivity index (χ2v) is 7.05. The number of nitrogens with zero attached hydrogens (tertiary/aromatic N) is 3. The normalized spacial score (nSPS) is 14.5. The van der Waals surface area contributed by atoms with Gasteiger partial charge in [-0.05, 0) is 29.3 Å². The smallest absolute Gasteiger partial charge is 0.227 e. The maximum Gasteiger partial charge on any atom is 0.227 e. The predicted octanol–water partition coefficient (Wildman–Crippen LogP) is 2.70. The van der Waals surface area contributed by atoms with Crippen molar-refractivity contribution in [2.45, 2.75) is 6.42 Å². The lowest BCUT2D eigenvalue weighted by Crippen LogP contribution is -2.41. The first-order valence-corrected chi connectivity index (χ1v) is 9.21. The van der Waals surface area contributed by atoms with Crippen molar-refractivity contribution in [1.82, 2.24) is 14.9 Å². The third-order valence-corrected chi connectivity index (χ3v) is 5.02. The quantitative estimate of drug-likeness (QED) is 0.773. The van der Waals surface area contributed by atoms with Gasteiger partial charge in [-0.25, -0.2) is 4.98 Å². The molecular weight excluding hydrogens is 340 g/mol. The summed E-state index contributed by atoms with van der Waals surface area (Å²) in [4.78, 5) is 24.3. The largest absolute Gasteiger partial charge is 0.378 e. The van der Waals surface area contributed by atoms with Gasteiger partial charge < -0.3 is 19.5 Å². The molecule has 1 saturated heterocycles. The van der Waals surface area contributed by atoms with E-state index in [0.29, 0.717) is 32.7 Å². The topological polar surface area (TPSA) is 61.5 Å². The van der Waals surface area contributed by atoms with E-state index in [1.54, 1.807) is 0 Å². The zero-order valence-electron chi connectivity index (χ0n) is 15.7. The van der Waals surface area contributed by atoms with Gasteiger partial charge in [0.2, 0.25) is 5.91 Å². The van der Waals surface area contributed by atoms with Crippen LogP contribution in [-0.4, -0.2) is 61.2 Å². The average Bonchev–Trinajstić information content (AvgIpc) is 3.10. The van der Waals surface area contributed by atoms with Gasteiger partial charge in [0.05, 0.1) is 19.6 Å². The Hall–Kier alpha value is -2.86. The molecule has 1 fully saturated rings. The lowest BCUT2D eigenvalue weighted by atomic mass is 10.0. The van der Waals surface area contributed by atoms with E-state index >= 15 is 0 Å². The number of H-pyrrole nitrogens is 1. The highest BCUT2D eigenvalue weighted by Gasteiger charge is 2.19. The summed E-state index contributed by atoms with van der Waals surface area (Å²) in [7, 11) is 4.06. The zero-order valence-corrected chi connectivity index (χ0v) is 15.7. The Labute approximate surface area is 158 Å². The standard InChI is InChI=1S/C21H24N4O2/c1-24(2)18-5-3-4-15(10-18)16-11-19-17(14-23-21(19)22-13-16)12-20(26)25-6-8-27-9-7-25/h3-5,10-11,13-14H,6-9,12H2,1-2H3,(H,22,23). The SMILES string of the molecule is CN(C)c1cccc(-c2cnc3[nH]cc(CC(=O)N4CCOCC4)c3c2)c1. The Kier molecular flexibility index (Phi) is 4.81. The van der Waals surface area contributed by atoms with E-state index in [-0.39, 0.29) is 5.91 Å². The number of amides is 1. The maximum atomic E-state index is 12.6. The summed E-state index contributed by atoms with van der Waals surface area (Å²) in [5, 5.41) is 1.00. The molecule has 0 radical (unpaired) electrons. The highest BCUT2D eigenvalue weighted by Crippen LogP contribution is 2.27. The molecule has 1 amide bonds. The van der Waals surface area contributed by atoms with Crippen molar-refractivity contribution >= 4 is 22.6 Å². The van der Waals surface area contributed by atoms with Gasteiger partial charge in [-0.1, -0.05) is 12.1 Å². The van der Waals surface area contributed by atoms with Crippen LogP contribution in [0.4, 0.5) is 5.69 Å². The van der Waals surface area contributed by atoms with Crippen molar-refractivity contribution in [3.05, 3.63) is 48.3 Å². The fourth-order valence-electron chi connectivity index (χ4n) is 3.41. The molecule has 1 N–H and O–H groups in total. The molecule has 6 nitrogen and oxygen atoms in total. The molecule has 1 aliphatic heterocycles. The molecule has 3 heterocycles. The molecule has 27 heavy (non-hydrogen) atoms. The minimum atomic E-state index is 0.138. The molecule has 3 aromatic rings. The number of nitrogens with one attached hydrogen (secondary N) is 1. The van der Waals surface area contributed by atoms with Crippen LogP contribution >= 0.6 is 0 Å². The van der Waals surface area contributed by atoms with Crippen molar-refractivity contribution < 1.29 is 9.53 Å². The van der Waals surface area contributed by atoms with Gasteiger partial charge in [0.15, 0.2) is 0 Å². The summed E-state index contributed by atoms with van der Waals surface area (Å²) in [6, 6.07) is 10.5. The fraction of sp³-hybridized carbons (Fsp3) is 0.333. The third-order valence-electron chi connectivity index (χ3n) is 5.02. The van der Waals surface area contributed by atoms with Crippen LogP contribution in [-0.2, 0) is 16.0 Å². The molecule has 0 unspecified atom stereocenters. The molecule has 0 atom stereocenters. The molecule has 0 spiro atoms. The van der Waals surface area contributed by atoms with Crippen LogP contribution in [0, 0.1) is 0 Å². The number of morpholine rings is 1. The average molecular weight is 364 g/mol. The van der Waals surface area contributed by atoms with E-state index in [4.69, 9.17) is 4.74 Å². The Balaban J connectivity index is 1.63. The second-order valence-electron chi connectivity index (χ2n) is 7.05. The molecule has 140 valence electrons. The molecule has 1 aliphatic rings. The number of aromatic amines is 1. The molecular formula is C21H24N4O2. The number of hydrogen-bond acceptors (Lipinski definition) is 4. The lowest BCUT2D eigenvalue weighted by molar-refractivity contribution is -0.134. The summed E-state index contributed by atoms with van der Waals surface area (Å²) >= 11 is 0. The van der Waals surface area contributed by atoms with Crippen molar-refractivity contribution in [2.75, 3.05) is 45.3 Å². The molecule has 1 aromatic carbocycles. The molecule has 0 bridgehead atoms. The number of pyridine rings is 1. The molecule has 0 saturated carbocycles. The third kappa shape index (κ3) is 3.66. The maximum absolute atomic E-state index is 12.6. The number of fused-ring (bicyclic) bond motifs is 1. The summed E-state index contributed by atoms with van der Waals surface area (Å²) in [5.74, 6) is 0.138. The van der Waals surface area contributed by atoms with Crippen molar-refractivity contribution in [3.8, 4) is 11.1 Å². The number of carbonyl (C=O) groups is 1. The Bertz CT molecular complexity index is 958. The monoisotopic (exact) mass is 364 g/mol. The number of aromatic nitrogens is 2. The lowest BCUT2D eigenvalue weighted by Gasteiger charge is -2.26. The number of ether oxygens (including phenoxy) is 1. The number of carbonyl (C=O) groups excluding carboxylic acids is 1. The predicted molar refractivity (Wildman–Crippen MR) is 107 cm³/mol. The number of rotatable bonds is 4. The minimum absolute atomic E-state index is 0.138. The van der Waals surface area contributed by atoms with E-state index in [2.05, 4.69) is 45.2 Å². The van der Waals surface area contributed by atoms with E-state index in [9.17, 15) is 4.79 Å². The van der Waals surface area contributed by atoms with Gasteiger partial charge in [-0.2, -0.15) is 0 Å². The van der Waals surface area contributed by atoms with Crippen LogP contribution < -0.4 is 4.90 Å². The van der Waals surface area contributed by atoms with E-state index < -0.39 is 0 Å². The highest BCUT2D eigenvalue weighted by atomic mass is 16.5. The number of anilines is 1. The van der Waals surface area contributed by atoms with Crippen LogP contribution in [0.15, 0.2) is 42.7 Å². The Morgan fingerprint density at radius 3 is 2.81 bits per heavy atom. The van der Waals surface area contributed by atoms with Crippen molar-refractivity contribution in [3.63, 3.8) is 0 Å². The van der Waals surface area contributed by atoms with Crippen LogP contribution in [0.25, 0.3) is 22.2 Å². The zero-order chi connectivity index (χ0) is 18.8. The van der Waals surface area contributed by atoms with E-state index in [0.717, 1.165) is 33.4 Å². The first-order chi connectivity index (χ1) is 13.1. The van der Waals surface area contributed by atoms with Gasteiger partial charge in [0, 0.05) is 56.2 Å². The van der Waals surface area contributed by atoms with Gasteiger partial charge >= 0.3 is 0 Å². The second kappa shape index (κ2) is 7.40. The fourth-order valence-corrected chi connectivity index (χ4v) is 3.41. The van der Waals surface area contributed by atoms with Gasteiger partial charge in [-0.3, -0.25) is 4.79 Å². The Morgan fingerprint density at radius 2 is 2.04 bits per heavy atom. The molecule has 6 heteroatoms. The van der Waals surface area contributed by atoms with Gasteiger partial charge in [-0.15, -0.1) is 0 Å². The van der Waals surface area contributed by atoms with Gasteiger partial charge in [0.1, 0.15) is 5.65 Å². The summed E-state index contributed by atoms with van der Waals surface area (Å²) in [6.07, 6.45) is 4.15. The van der Waals surface area contributed by atoms with Crippen molar-refractivity contribution in [1.29, 1.82) is 0 Å². The minimum Gasteiger partial charge on any atom is -0.378 e. The van der Waals surface area contributed by atoms with Crippen molar-refractivity contribution in [2.24, 2.45) is 0 Å². The summed E-state index contributed by atoms with van der Waals surface area (Å²) in [5.41, 5.74) is 5.10. The first-order valence-electron chi connectivity index (χ1n) is 9.21. The van der Waals surface area contributed by atoms with E-state index in [1.165, 1.54) is 0 Å². The van der Waals surface area contributed by atoms with E-state index in [1.807, 2.05) is 31.4 Å². The summed E-state index contributed by atoms with van der Waals surface area (Å²) < 4.78 is 5.33. The number of hydrogen-bond donors (Lipinski definition) is 1. The summed E-state index contributed by atoms with van der Waals surface area (Å²) in [6.45, 7) is 2.57. The van der Waals surface area contributed by atoms with Crippen LogP contribution in [0.3, 0.4) is 0 Å². The molecule has 2 aromatic heterocycles. The molecule has 4 rings (SSSR count). The molecule has 0 aliphatic carbocycles. The number of benzene rings is 1. The van der Waals surface area contributed by atoms with Crippen LogP contribution in [0.2, 0.25) is 0 Å². The van der Waals surface area contributed by atoms with Crippen LogP contribution in [0.5, 0.6) is 0 Å².